The van der Waals surface area contributed by atoms with E-state index in [2.05, 4.69) is 10.6 Å². The number of rotatable bonds is 5. The summed E-state index contributed by atoms with van der Waals surface area (Å²) in [6.07, 6.45) is 0. The molecule has 110 valence electrons. The van der Waals surface area contributed by atoms with Crippen molar-refractivity contribution in [3.63, 3.8) is 0 Å². The predicted molar refractivity (Wildman–Crippen MR) is 87.0 cm³/mol. The van der Waals surface area contributed by atoms with E-state index >= 15 is 0 Å². The van der Waals surface area contributed by atoms with Crippen molar-refractivity contribution >= 4 is 46.0 Å². The van der Waals surface area contributed by atoms with Gasteiger partial charge >= 0.3 is 5.69 Å². The van der Waals surface area contributed by atoms with E-state index in [-0.39, 0.29) is 5.69 Å². The van der Waals surface area contributed by atoms with E-state index in [0.29, 0.717) is 33.7 Å². The first-order chi connectivity index (χ1) is 10.0. The van der Waals surface area contributed by atoms with Gasteiger partial charge in [-0.25, -0.2) is 0 Å². The Labute approximate surface area is 132 Å². The summed E-state index contributed by atoms with van der Waals surface area (Å²) in [7, 11) is 0. The first-order valence-corrected chi connectivity index (χ1v) is 7.02. The number of hydrogen-bond donors (Lipinski definition) is 2. The fourth-order valence-electron chi connectivity index (χ4n) is 1.92. The lowest BCUT2D eigenvalue weighted by molar-refractivity contribution is -0.383. The molecule has 0 saturated heterocycles. The van der Waals surface area contributed by atoms with E-state index < -0.39 is 4.92 Å². The van der Waals surface area contributed by atoms with Crippen LogP contribution in [0.2, 0.25) is 10.0 Å². The molecular weight excluding hydrogens is 313 g/mol. The van der Waals surface area contributed by atoms with Crippen molar-refractivity contribution in [3.8, 4) is 0 Å². The van der Waals surface area contributed by atoms with Gasteiger partial charge in [-0.1, -0.05) is 35.3 Å². The fraction of sp³-hybridized carbons (Fsp3) is 0.143. The van der Waals surface area contributed by atoms with Gasteiger partial charge in [0.05, 0.1) is 20.7 Å². The van der Waals surface area contributed by atoms with Crippen LogP contribution in [0.3, 0.4) is 0 Å². The Bertz CT molecular complexity index is 677. The quantitative estimate of drug-likeness (QED) is 0.594. The highest BCUT2D eigenvalue weighted by molar-refractivity contribution is 6.43. The number of benzene rings is 2. The minimum absolute atomic E-state index is 0.0320. The molecule has 2 aromatic rings. The Morgan fingerprint density at radius 3 is 2.38 bits per heavy atom. The molecule has 7 heteroatoms. The Morgan fingerprint density at radius 1 is 1.10 bits per heavy atom. The maximum absolute atomic E-state index is 11.3. The molecule has 0 fully saturated rings. The van der Waals surface area contributed by atoms with Crippen LogP contribution in [0.5, 0.6) is 0 Å². The van der Waals surface area contributed by atoms with Crippen molar-refractivity contribution in [1.29, 1.82) is 0 Å². The molecule has 0 saturated carbocycles. The van der Waals surface area contributed by atoms with Gasteiger partial charge in [-0.2, -0.15) is 0 Å². The summed E-state index contributed by atoms with van der Waals surface area (Å²) in [5, 5.41) is 18.0. The van der Waals surface area contributed by atoms with Gasteiger partial charge in [-0.15, -0.1) is 0 Å². The average molecular weight is 326 g/mol. The number of nitrogens with one attached hydrogen (secondary N) is 2. The molecule has 0 aliphatic carbocycles. The van der Waals surface area contributed by atoms with Crippen LogP contribution in [0.25, 0.3) is 0 Å². The highest BCUT2D eigenvalue weighted by Crippen LogP contribution is 2.37. The number of anilines is 3. The third kappa shape index (κ3) is 3.37. The molecule has 0 aliphatic rings. The molecule has 0 heterocycles. The summed E-state index contributed by atoms with van der Waals surface area (Å²) < 4.78 is 0. The topological polar surface area (TPSA) is 67.2 Å². The van der Waals surface area contributed by atoms with Crippen LogP contribution in [-0.2, 0) is 0 Å². The Hall–Kier alpha value is -1.98. The molecule has 0 radical (unpaired) electrons. The standard InChI is InChI=1S/C14H13Cl2N3O2/c1-2-17-11-7-4-8-12(14(11)19(20)21)18-10-6-3-5-9(15)13(10)16/h3-8,17-18H,2H2,1H3. The molecule has 0 amide bonds. The molecule has 0 aliphatic heterocycles. The largest absolute Gasteiger partial charge is 0.380 e. The van der Waals surface area contributed by atoms with Crippen molar-refractivity contribution < 1.29 is 4.92 Å². The zero-order valence-corrected chi connectivity index (χ0v) is 12.7. The molecule has 0 unspecified atom stereocenters. The monoisotopic (exact) mass is 325 g/mol. The molecule has 5 nitrogen and oxygen atoms in total. The SMILES string of the molecule is CCNc1cccc(Nc2cccc(Cl)c2Cl)c1[N+](=O)[O-]. The van der Waals surface area contributed by atoms with Gasteiger partial charge in [0.1, 0.15) is 11.4 Å². The van der Waals surface area contributed by atoms with Crippen LogP contribution in [0.15, 0.2) is 36.4 Å². The lowest BCUT2D eigenvalue weighted by Gasteiger charge is -2.12. The van der Waals surface area contributed by atoms with Crippen molar-refractivity contribution in [3.05, 3.63) is 56.6 Å². The van der Waals surface area contributed by atoms with Crippen LogP contribution in [0.1, 0.15) is 6.92 Å². The number of hydrogen-bond acceptors (Lipinski definition) is 4. The van der Waals surface area contributed by atoms with Crippen molar-refractivity contribution in [1.82, 2.24) is 0 Å². The van der Waals surface area contributed by atoms with Gasteiger partial charge in [0.25, 0.3) is 0 Å². The van der Waals surface area contributed by atoms with Gasteiger partial charge in [0, 0.05) is 6.54 Å². The number of para-hydroxylation sites is 1. The predicted octanol–water partition coefficient (Wildman–Crippen LogP) is 5.08. The molecule has 0 spiro atoms. The number of halogens is 2. The van der Waals surface area contributed by atoms with Crippen LogP contribution < -0.4 is 10.6 Å². The summed E-state index contributed by atoms with van der Waals surface area (Å²) in [5.74, 6) is 0. The van der Waals surface area contributed by atoms with Gasteiger partial charge in [-0.05, 0) is 31.2 Å². The molecule has 2 N–H and O–H groups in total. The zero-order chi connectivity index (χ0) is 15.4. The highest BCUT2D eigenvalue weighted by atomic mass is 35.5. The van der Waals surface area contributed by atoms with E-state index in [1.807, 2.05) is 6.92 Å². The van der Waals surface area contributed by atoms with Gasteiger partial charge in [0.15, 0.2) is 0 Å². The minimum Gasteiger partial charge on any atom is -0.380 e. The molecule has 2 rings (SSSR count). The van der Waals surface area contributed by atoms with E-state index in [1.165, 1.54) is 0 Å². The maximum Gasteiger partial charge on any atom is 0.315 e. The fourth-order valence-corrected chi connectivity index (χ4v) is 2.27. The average Bonchev–Trinajstić information content (AvgIpc) is 2.44. The van der Waals surface area contributed by atoms with Crippen LogP contribution in [0.4, 0.5) is 22.7 Å². The smallest absolute Gasteiger partial charge is 0.315 e. The van der Waals surface area contributed by atoms with E-state index in [9.17, 15) is 10.1 Å². The summed E-state index contributed by atoms with van der Waals surface area (Å²) in [6, 6.07) is 10.1. The van der Waals surface area contributed by atoms with Gasteiger partial charge in [0.2, 0.25) is 0 Å². The highest BCUT2D eigenvalue weighted by Gasteiger charge is 2.20. The molecule has 0 atom stereocenters. The van der Waals surface area contributed by atoms with E-state index in [1.54, 1.807) is 36.4 Å². The Morgan fingerprint density at radius 2 is 1.71 bits per heavy atom. The zero-order valence-electron chi connectivity index (χ0n) is 11.2. The second kappa shape index (κ2) is 6.65. The molecule has 0 aromatic heterocycles. The maximum atomic E-state index is 11.3. The third-order valence-corrected chi connectivity index (χ3v) is 3.63. The van der Waals surface area contributed by atoms with Gasteiger partial charge < -0.3 is 10.6 Å². The molecule has 0 bridgehead atoms. The summed E-state index contributed by atoms with van der Waals surface area (Å²) in [4.78, 5) is 10.9. The third-order valence-electron chi connectivity index (χ3n) is 2.81. The van der Waals surface area contributed by atoms with Crippen molar-refractivity contribution in [2.24, 2.45) is 0 Å². The number of nitrogens with zero attached hydrogens (tertiary/aromatic N) is 1. The molecule has 21 heavy (non-hydrogen) atoms. The van der Waals surface area contributed by atoms with Crippen LogP contribution in [-0.4, -0.2) is 11.5 Å². The first kappa shape index (κ1) is 15.4. The summed E-state index contributed by atoms with van der Waals surface area (Å²) in [6.45, 7) is 2.46. The van der Waals surface area contributed by atoms with E-state index in [4.69, 9.17) is 23.2 Å². The molecule has 2 aromatic carbocycles. The second-order valence-corrected chi connectivity index (χ2v) is 5.00. The van der Waals surface area contributed by atoms with Crippen LogP contribution in [0, 0.1) is 10.1 Å². The van der Waals surface area contributed by atoms with Crippen molar-refractivity contribution in [2.45, 2.75) is 6.92 Å². The van der Waals surface area contributed by atoms with Gasteiger partial charge in [-0.3, -0.25) is 10.1 Å². The normalized spacial score (nSPS) is 10.2. The van der Waals surface area contributed by atoms with Crippen molar-refractivity contribution in [2.75, 3.05) is 17.2 Å². The molecular formula is C14H13Cl2N3O2. The van der Waals surface area contributed by atoms with E-state index in [0.717, 1.165) is 0 Å². The first-order valence-electron chi connectivity index (χ1n) is 6.27. The van der Waals surface area contributed by atoms with Crippen LogP contribution >= 0.6 is 23.2 Å². The Kier molecular flexibility index (Phi) is 4.88. The lowest BCUT2D eigenvalue weighted by Crippen LogP contribution is -2.04. The minimum atomic E-state index is -0.432. The number of nitro groups is 1. The summed E-state index contributed by atoms with van der Waals surface area (Å²) in [5.41, 5.74) is 1.28. The Balaban J connectivity index is 2.46. The second-order valence-electron chi connectivity index (χ2n) is 4.22. The number of nitro benzene ring substituents is 1. The lowest BCUT2D eigenvalue weighted by atomic mass is 10.2. The summed E-state index contributed by atoms with van der Waals surface area (Å²) >= 11 is 12.0.